The van der Waals surface area contributed by atoms with Gasteiger partial charge in [0.1, 0.15) is 0 Å². The first kappa shape index (κ1) is 13.4. The summed E-state index contributed by atoms with van der Waals surface area (Å²) in [6.07, 6.45) is 0.818. The molecule has 0 saturated heterocycles. The molecule has 5 nitrogen and oxygen atoms in total. The number of thiazole rings is 1. The molecule has 0 spiro atoms. The van der Waals surface area contributed by atoms with E-state index in [0.717, 1.165) is 22.8 Å². The van der Waals surface area contributed by atoms with Gasteiger partial charge in [-0.05, 0) is 25.1 Å². The second kappa shape index (κ2) is 5.71. The molecular formula is C13H16N4OS. The first-order chi connectivity index (χ1) is 9.06. The zero-order chi connectivity index (χ0) is 13.8. The van der Waals surface area contributed by atoms with E-state index >= 15 is 0 Å². The molecule has 1 aromatic heterocycles. The summed E-state index contributed by atoms with van der Waals surface area (Å²) >= 11 is 1.64. The number of rotatable bonds is 5. The maximum absolute atomic E-state index is 11.1. The molecule has 0 fully saturated rings. The van der Waals surface area contributed by atoms with Crippen LogP contribution in [0.2, 0.25) is 0 Å². The maximum atomic E-state index is 11.1. The van der Waals surface area contributed by atoms with Gasteiger partial charge in [0.25, 0.3) is 0 Å². The fourth-order valence-electron chi connectivity index (χ4n) is 1.68. The highest BCUT2D eigenvalue weighted by Gasteiger charge is 2.05. The smallest absolute Gasteiger partial charge is 0.248 e. The molecule has 100 valence electrons. The van der Waals surface area contributed by atoms with Gasteiger partial charge < -0.3 is 16.8 Å². The average molecular weight is 276 g/mol. The summed E-state index contributed by atoms with van der Waals surface area (Å²) in [6, 6.07) is 4.97. The summed E-state index contributed by atoms with van der Waals surface area (Å²) in [5.74, 6) is -0.460. The van der Waals surface area contributed by atoms with E-state index in [1.54, 1.807) is 29.5 Å². The summed E-state index contributed by atoms with van der Waals surface area (Å²) in [6.45, 7) is 2.68. The third-order valence-electron chi connectivity index (χ3n) is 2.66. The standard InChI is InChI=1S/C13H16N4OS/c1-8-7-19-12(17-8)4-5-16-11-6-9(13(15)18)2-3-10(11)14/h2-3,6-7,16H,4-5,14H2,1H3,(H2,15,18). The van der Waals surface area contributed by atoms with Crippen molar-refractivity contribution in [2.45, 2.75) is 13.3 Å². The average Bonchev–Trinajstić information content (AvgIpc) is 2.77. The van der Waals surface area contributed by atoms with Crippen LogP contribution in [0.1, 0.15) is 21.1 Å². The molecule has 1 heterocycles. The number of nitrogens with zero attached hydrogens (tertiary/aromatic N) is 1. The summed E-state index contributed by atoms with van der Waals surface area (Å²) < 4.78 is 0. The lowest BCUT2D eigenvalue weighted by Crippen LogP contribution is -2.13. The van der Waals surface area contributed by atoms with Gasteiger partial charge in [-0.3, -0.25) is 4.79 Å². The fourth-order valence-corrected chi connectivity index (χ4v) is 2.46. The number of hydrogen-bond donors (Lipinski definition) is 3. The molecule has 1 aromatic carbocycles. The van der Waals surface area contributed by atoms with Crippen molar-refractivity contribution in [2.24, 2.45) is 5.73 Å². The van der Waals surface area contributed by atoms with Crippen LogP contribution in [0.3, 0.4) is 0 Å². The molecule has 0 aliphatic rings. The molecule has 0 bridgehead atoms. The van der Waals surface area contributed by atoms with Gasteiger partial charge in [0.15, 0.2) is 0 Å². The monoisotopic (exact) mass is 276 g/mol. The largest absolute Gasteiger partial charge is 0.397 e. The quantitative estimate of drug-likeness (QED) is 0.726. The zero-order valence-corrected chi connectivity index (χ0v) is 11.5. The predicted molar refractivity (Wildman–Crippen MR) is 78.4 cm³/mol. The van der Waals surface area contributed by atoms with Crippen LogP contribution < -0.4 is 16.8 Å². The van der Waals surface area contributed by atoms with Crippen molar-refractivity contribution >= 4 is 28.6 Å². The molecule has 0 unspecified atom stereocenters. The number of nitrogens with one attached hydrogen (secondary N) is 1. The van der Waals surface area contributed by atoms with E-state index in [2.05, 4.69) is 10.3 Å². The molecule has 1 amide bonds. The molecule has 5 N–H and O–H groups in total. The molecular weight excluding hydrogens is 260 g/mol. The highest BCUT2D eigenvalue weighted by molar-refractivity contribution is 7.09. The van der Waals surface area contributed by atoms with Crippen LogP contribution in [-0.4, -0.2) is 17.4 Å². The Labute approximate surface area is 115 Å². The maximum Gasteiger partial charge on any atom is 0.248 e. The van der Waals surface area contributed by atoms with Crippen LogP contribution >= 0.6 is 11.3 Å². The molecule has 0 radical (unpaired) electrons. The lowest BCUT2D eigenvalue weighted by molar-refractivity contribution is 0.100. The van der Waals surface area contributed by atoms with Crippen molar-refractivity contribution in [3.8, 4) is 0 Å². The molecule has 0 saturated carbocycles. The number of nitrogens with two attached hydrogens (primary N) is 2. The molecule has 2 rings (SSSR count). The van der Waals surface area contributed by atoms with Crippen molar-refractivity contribution in [2.75, 3.05) is 17.6 Å². The number of hydrogen-bond acceptors (Lipinski definition) is 5. The molecule has 0 aliphatic carbocycles. The van der Waals surface area contributed by atoms with Gasteiger partial charge in [0, 0.05) is 29.6 Å². The van der Waals surface area contributed by atoms with Crippen molar-refractivity contribution < 1.29 is 4.79 Å². The normalized spacial score (nSPS) is 10.4. The first-order valence-electron chi connectivity index (χ1n) is 5.90. The van der Waals surface area contributed by atoms with Crippen LogP contribution in [0.25, 0.3) is 0 Å². The van der Waals surface area contributed by atoms with Crippen LogP contribution in [0, 0.1) is 6.92 Å². The van der Waals surface area contributed by atoms with Crippen molar-refractivity contribution in [1.82, 2.24) is 4.98 Å². The van der Waals surface area contributed by atoms with E-state index < -0.39 is 5.91 Å². The summed E-state index contributed by atoms with van der Waals surface area (Å²) in [5.41, 5.74) is 13.9. The van der Waals surface area contributed by atoms with E-state index in [1.807, 2.05) is 12.3 Å². The Morgan fingerprint density at radius 3 is 2.89 bits per heavy atom. The van der Waals surface area contributed by atoms with Crippen LogP contribution in [0.5, 0.6) is 0 Å². The zero-order valence-electron chi connectivity index (χ0n) is 10.6. The van der Waals surface area contributed by atoms with E-state index in [9.17, 15) is 4.79 Å². The Hall–Kier alpha value is -2.08. The van der Waals surface area contributed by atoms with Gasteiger partial charge in [-0.15, -0.1) is 11.3 Å². The van der Waals surface area contributed by atoms with Crippen LogP contribution in [0.4, 0.5) is 11.4 Å². The number of nitrogen functional groups attached to an aromatic ring is 1. The van der Waals surface area contributed by atoms with E-state index in [1.165, 1.54) is 0 Å². The minimum atomic E-state index is -0.460. The highest BCUT2D eigenvalue weighted by Crippen LogP contribution is 2.20. The molecule has 6 heteroatoms. The van der Waals surface area contributed by atoms with Crippen molar-refractivity contribution in [3.63, 3.8) is 0 Å². The Balaban J connectivity index is 1.99. The molecule has 0 aliphatic heterocycles. The predicted octanol–water partition coefficient (Wildman–Crippen LogP) is 1.79. The summed E-state index contributed by atoms with van der Waals surface area (Å²) in [5, 5.41) is 6.30. The van der Waals surface area contributed by atoms with Gasteiger partial charge >= 0.3 is 0 Å². The minimum Gasteiger partial charge on any atom is -0.397 e. The van der Waals surface area contributed by atoms with Gasteiger partial charge in [0.05, 0.1) is 16.4 Å². The van der Waals surface area contributed by atoms with Crippen molar-refractivity contribution in [1.29, 1.82) is 0 Å². The van der Waals surface area contributed by atoms with Gasteiger partial charge in [0.2, 0.25) is 5.91 Å². The number of benzene rings is 1. The van der Waals surface area contributed by atoms with Gasteiger partial charge in [-0.1, -0.05) is 0 Å². The number of aryl methyl sites for hydroxylation is 1. The second-order valence-corrected chi connectivity index (χ2v) is 5.17. The highest BCUT2D eigenvalue weighted by atomic mass is 32.1. The lowest BCUT2D eigenvalue weighted by atomic mass is 10.1. The van der Waals surface area contributed by atoms with Gasteiger partial charge in [-0.25, -0.2) is 4.98 Å². The number of anilines is 2. The third-order valence-corrected chi connectivity index (χ3v) is 3.69. The van der Waals surface area contributed by atoms with E-state index in [-0.39, 0.29) is 0 Å². The summed E-state index contributed by atoms with van der Waals surface area (Å²) in [7, 11) is 0. The van der Waals surface area contributed by atoms with Crippen molar-refractivity contribution in [3.05, 3.63) is 39.8 Å². The topological polar surface area (TPSA) is 94.0 Å². The molecule has 0 atom stereocenters. The van der Waals surface area contributed by atoms with E-state index in [4.69, 9.17) is 11.5 Å². The van der Waals surface area contributed by atoms with Gasteiger partial charge in [-0.2, -0.15) is 0 Å². The first-order valence-corrected chi connectivity index (χ1v) is 6.78. The number of carbonyl (C=O) groups is 1. The Kier molecular flexibility index (Phi) is 4.01. The lowest BCUT2D eigenvalue weighted by Gasteiger charge is -2.09. The molecule has 2 aromatic rings. The number of aromatic nitrogens is 1. The number of primary amides is 1. The fraction of sp³-hybridized carbons (Fsp3) is 0.231. The van der Waals surface area contributed by atoms with E-state index in [0.29, 0.717) is 17.8 Å². The van der Waals surface area contributed by atoms with Crippen LogP contribution in [-0.2, 0) is 6.42 Å². The number of amides is 1. The van der Waals surface area contributed by atoms with Crippen LogP contribution in [0.15, 0.2) is 23.6 Å². The Morgan fingerprint density at radius 2 is 2.26 bits per heavy atom. The Bertz CT molecular complexity index is 594. The molecule has 19 heavy (non-hydrogen) atoms. The SMILES string of the molecule is Cc1csc(CCNc2cc(C(N)=O)ccc2N)n1. The summed E-state index contributed by atoms with van der Waals surface area (Å²) in [4.78, 5) is 15.5. The number of carbonyl (C=O) groups excluding carboxylic acids is 1. The Morgan fingerprint density at radius 1 is 1.47 bits per heavy atom. The third kappa shape index (κ3) is 3.45. The second-order valence-electron chi connectivity index (χ2n) is 4.23. The minimum absolute atomic E-state index is 0.446.